The first kappa shape index (κ1) is 17.0. The molecule has 0 saturated carbocycles. The average molecular weight is 332 g/mol. The van der Waals surface area contributed by atoms with Gasteiger partial charge in [0.25, 0.3) is 0 Å². The molecule has 1 aromatic carbocycles. The van der Waals surface area contributed by atoms with Crippen LogP contribution in [0.3, 0.4) is 0 Å². The van der Waals surface area contributed by atoms with Gasteiger partial charge in [0.2, 0.25) is 5.91 Å². The molecule has 0 atom stereocenters. The van der Waals surface area contributed by atoms with Gasteiger partial charge in [0.05, 0.1) is 0 Å². The fourth-order valence-electron chi connectivity index (χ4n) is 1.47. The van der Waals surface area contributed by atoms with E-state index in [-0.39, 0.29) is 0 Å². The summed E-state index contributed by atoms with van der Waals surface area (Å²) in [5.41, 5.74) is 0.389. The first-order valence-corrected chi connectivity index (χ1v) is 6.41. The Morgan fingerprint density at radius 3 is 1.95 bits per heavy atom. The lowest BCUT2D eigenvalue weighted by Gasteiger charge is -2.16. The Labute approximate surface area is 130 Å². The Morgan fingerprint density at radius 1 is 1.05 bits per heavy atom. The Bertz CT molecular complexity index is 564. The molecule has 0 unspecified atom stereocenters. The number of rotatable bonds is 6. The Balaban J connectivity index is 2.92. The zero-order valence-electron chi connectivity index (χ0n) is 10.6. The molecule has 1 rings (SSSR count). The standard InChI is InChI=1S/C13H11Cl2NO5/c14-9-2-1-3-10(15)8(9)4-5-11(17)16(6-12(18)19)7-13(20)21/h1-5H,6-7H2,(H,18,19)(H,20,21). The molecule has 0 fully saturated rings. The van der Waals surface area contributed by atoms with Gasteiger partial charge in [-0.2, -0.15) is 0 Å². The van der Waals surface area contributed by atoms with Crippen molar-refractivity contribution in [2.24, 2.45) is 0 Å². The number of carbonyl (C=O) groups is 3. The number of aliphatic carboxylic acids is 2. The van der Waals surface area contributed by atoms with Gasteiger partial charge in [0.1, 0.15) is 13.1 Å². The van der Waals surface area contributed by atoms with Gasteiger partial charge in [0.15, 0.2) is 0 Å². The number of carbonyl (C=O) groups excluding carboxylic acids is 1. The summed E-state index contributed by atoms with van der Waals surface area (Å²) in [6.07, 6.45) is 2.34. The second-order valence-corrected chi connectivity index (χ2v) is 4.76. The molecule has 0 aromatic heterocycles. The number of benzene rings is 1. The zero-order chi connectivity index (χ0) is 16.0. The fraction of sp³-hybridized carbons (Fsp3) is 0.154. The topological polar surface area (TPSA) is 94.9 Å². The first-order valence-electron chi connectivity index (χ1n) is 5.66. The van der Waals surface area contributed by atoms with Gasteiger partial charge < -0.3 is 15.1 Å². The van der Waals surface area contributed by atoms with Gasteiger partial charge in [-0.25, -0.2) is 0 Å². The molecule has 112 valence electrons. The van der Waals surface area contributed by atoms with Crippen LogP contribution < -0.4 is 0 Å². The molecule has 0 aliphatic carbocycles. The van der Waals surface area contributed by atoms with Crippen molar-refractivity contribution in [1.29, 1.82) is 0 Å². The maximum atomic E-state index is 11.8. The Hall–Kier alpha value is -2.05. The van der Waals surface area contributed by atoms with Crippen molar-refractivity contribution in [2.45, 2.75) is 0 Å². The second kappa shape index (κ2) is 7.66. The van der Waals surface area contributed by atoms with Crippen molar-refractivity contribution >= 4 is 47.1 Å². The van der Waals surface area contributed by atoms with Gasteiger partial charge in [0, 0.05) is 21.7 Å². The molecule has 1 aromatic rings. The normalized spacial score (nSPS) is 10.6. The van der Waals surface area contributed by atoms with E-state index in [0.29, 0.717) is 20.5 Å². The highest BCUT2D eigenvalue weighted by molar-refractivity contribution is 6.37. The number of carboxylic acid groups (broad SMARTS) is 2. The lowest BCUT2D eigenvalue weighted by atomic mass is 10.2. The Morgan fingerprint density at radius 2 is 1.52 bits per heavy atom. The molecule has 0 saturated heterocycles. The van der Waals surface area contributed by atoms with Crippen molar-refractivity contribution < 1.29 is 24.6 Å². The highest BCUT2D eigenvalue weighted by atomic mass is 35.5. The van der Waals surface area contributed by atoms with Crippen molar-refractivity contribution in [1.82, 2.24) is 4.90 Å². The van der Waals surface area contributed by atoms with Crippen LogP contribution in [0.15, 0.2) is 24.3 Å². The van der Waals surface area contributed by atoms with E-state index in [9.17, 15) is 14.4 Å². The number of hydrogen-bond acceptors (Lipinski definition) is 3. The second-order valence-electron chi connectivity index (χ2n) is 3.95. The van der Waals surface area contributed by atoms with E-state index in [1.165, 1.54) is 6.08 Å². The van der Waals surface area contributed by atoms with Crippen LogP contribution in [0.1, 0.15) is 5.56 Å². The van der Waals surface area contributed by atoms with E-state index in [0.717, 1.165) is 6.08 Å². The molecule has 0 radical (unpaired) electrons. The van der Waals surface area contributed by atoms with Crippen LogP contribution in [-0.2, 0) is 14.4 Å². The van der Waals surface area contributed by atoms with Crippen LogP contribution in [0.5, 0.6) is 0 Å². The summed E-state index contributed by atoms with van der Waals surface area (Å²) in [5.74, 6) is -3.39. The summed E-state index contributed by atoms with van der Waals surface area (Å²) < 4.78 is 0. The van der Waals surface area contributed by atoms with Gasteiger partial charge in [-0.3, -0.25) is 14.4 Å². The van der Waals surface area contributed by atoms with Crippen molar-refractivity contribution in [2.75, 3.05) is 13.1 Å². The number of carboxylic acids is 2. The van der Waals surface area contributed by atoms with Crippen LogP contribution in [-0.4, -0.2) is 46.0 Å². The van der Waals surface area contributed by atoms with Crippen LogP contribution in [0.2, 0.25) is 10.0 Å². The van der Waals surface area contributed by atoms with Crippen molar-refractivity contribution in [3.05, 3.63) is 39.9 Å². The quantitative estimate of drug-likeness (QED) is 0.777. The maximum Gasteiger partial charge on any atom is 0.323 e. The van der Waals surface area contributed by atoms with E-state index in [2.05, 4.69) is 0 Å². The van der Waals surface area contributed by atoms with Crippen molar-refractivity contribution in [3.63, 3.8) is 0 Å². The average Bonchev–Trinajstić information content (AvgIpc) is 2.36. The largest absolute Gasteiger partial charge is 0.480 e. The third-order valence-corrected chi connectivity index (χ3v) is 3.02. The number of nitrogens with zero attached hydrogens (tertiary/aromatic N) is 1. The summed E-state index contributed by atoms with van der Waals surface area (Å²) in [7, 11) is 0. The molecule has 0 aliphatic rings. The van der Waals surface area contributed by atoms with E-state index >= 15 is 0 Å². The Kier molecular flexibility index (Phi) is 6.20. The smallest absolute Gasteiger partial charge is 0.323 e. The molecular formula is C13H11Cl2NO5. The van der Waals surface area contributed by atoms with Crippen LogP contribution in [0, 0.1) is 0 Å². The minimum Gasteiger partial charge on any atom is -0.480 e. The summed E-state index contributed by atoms with van der Waals surface area (Å²) in [6.45, 7) is -1.43. The summed E-state index contributed by atoms with van der Waals surface area (Å²) in [4.78, 5) is 33.8. The molecule has 0 bridgehead atoms. The predicted octanol–water partition coefficient (Wildman–Crippen LogP) is 2.00. The molecule has 8 heteroatoms. The van der Waals surface area contributed by atoms with Gasteiger partial charge in [-0.05, 0) is 18.2 Å². The minimum atomic E-state index is -1.31. The SMILES string of the molecule is O=C(O)CN(CC(=O)O)C(=O)C=Cc1c(Cl)cccc1Cl. The van der Waals surface area contributed by atoms with Crippen LogP contribution in [0.25, 0.3) is 6.08 Å². The van der Waals surface area contributed by atoms with Gasteiger partial charge in [-0.1, -0.05) is 29.3 Å². The van der Waals surface area contributed by atoms with Crippen LogP contribution in [0.4, 0.5) is 0 Å². The third-order valence-electron chi connectivity index (χ3n) is 2.36. The number of halogens is 2. The number of amides is 1. The predicted molar refractivity (Wildman–Crippen MR) is 77.3 cm³/mol. The third kappa shape index (κ3) is 5.45. The lowest BCUT2D eigenvalue weighted by molar-refractivity contribution is -0.147. The lowest BCUT2D eigenvalue weighted by Crippen LogP contribution is -2.38. The molecule has 0 aliphatic heterocycles. The molecule has 2 N–H and O–H groups in total. The van der Waals surface area contributed by atoms with Crippen molar-refractivity contribution in [3.8, 4) is 0 Å². The van der Waals surface area contributed by atoms with E-state index < -0.39 is 30.9 Å². The molecule has 6 nitrogen and oxygen atoms in total. The van der Waals surface area contributed by atoms with Crippen LogP contribution >= 0.6 is 23.2 Å². The monoisotopic (exact) mass is 331 g/mol. The summed E-state index contributed by atoms with van der Waals surface area (Å²) in [5, 5.41) is 18.0. The van der Waals surface area contributed by atoms with Gasteiger partial charge >= 0.3 is 11.9 Å². The highest BCUT2D eigenvalue weighted by Crippen LogP contribution is 2.25. The highest BCUT2D eigenvalue weighted by Gasteiger charge is 2.17. The zero-order valence-corrected chi connectivity index (χ0v) is 12.1. The molecule has 1 amide bonds. The van der Waals surface area contributed by atoms with E-state index in [4.69, 9.17) is 33.4 Å². The summed E-state index contributed by atoms with van der Waals surface area (Å²) >= 11 is 11.8. The molecule has 0 heterocycles. The van der Waals surface area contributed by atoms with Gasteiger partial charge in [-0.15, -0.1) is 0 Å². The van der Waals surface area contributed by atoms with E-state index in [1.807, 2.05) is 0 Å². The fourth-order valence-corrected chi connectivity index (χ4v) is 1.99. The first-order chi connectivity index (χ1) is 9.81. The molecule has 21 heavy (non-hydrogen) atoms. The number of hydrogen-bond donors (Lipinski definition) is 2. The molecular weight excluding hydrogens is 321 g/mol. The molecule has 0 spiro atoms. The minimum absolute atomic E-state index is 0.314. The summed E-state index contributed by atoms with van der Waals surface area (Å²) in [6, 6.07) is 4.78. The van der Waals surface area contributed by atoms with E-state index in [1.54, 1.807) is 18.2 Å². The maximum absolute atomic E-state index is 11.8.